The molecule has 0 amide bonds. The molecule has 6 nitrogen and oxygen atoms in total. The number of nitrogens with zero attached hydrogens (tertiary/aromatic N) is 3. The van der Waals surface area contributed by atoms with Crippen molar-refractivity contribution in [2.75, 3.05) is 18.0 Å². The van der Waals surface area contributed by atoms with Gasteiger partial charge in [-0.25, -0.2) is 9.97 Å². The molecule has 0 spiro atoms. The van der Waals surface area contributed by atoms with Gasteiger partial charge in [0.2, 0.25) is 5.95 Å². The van der Waals surface area contributed by atoms with E-state index >= 15 is 0 Å². The van der Waals surface area contributed by atoms with Gasteiger partial charge in [-0.15, -0.1) is 0 Å². The number of aliphatic carboxylic acids is 1. The molecule has 1 atom stereocenters. The zero-order valence-corrected chi connectivity index (χ0v) is 10.5. The lowest BCUT2D eigenvalue weighted by Gasteiger charge is -2.15. The highest BCUT2D eigenvalue weighted by Crippen LogP contribution is 2.14. The number of nitrogens with one attached hydrogen (secondary N) is 1. The SMILES string of the molecule is C[C@@H](NCc1cnc(N2CCCC2)nc1)C(=O)O. The Morgan fingerprint density at radius 2 is 2.06 bits per heavy atom. The summed E-state index contributed by atoms with van der Waals surface area (Å²) in [5.41, 5.74) is 0.894. The van der Waals surface area contributed by atoms with E-state index in [1.165, 1.54) is 12.8 Å². The zero-order valence-electron chi connectivity index (χ0n) is 10.5. The summed E-state index contributed by atoms with van der Waals surface area (Å²) in [5.74, 6) is -0.0906. The topological polar surface area (TPSA) is 78.4 Å². The Labute approximate surface area is 106 Å². The summed E-state index contributed by atoms with van der Waals surface area (Å²) in [6.45, 7) is 4.12. The second-order valence-electron chi connectivity index (χ2n) is 4.53. The third kappa shape index (κ3) is 3.16. The molecule has 2 rings (SSSR count). The first kappa shape index (κ1) is 12.8. The predicted molar refractivity (Wildman–Crippen MR) is 67.4 cm³/mol. The number of aromatic nitrogens is 2. The second kappa shape index (κ2) is 5.77. The third-order valence-electron chi connectivity index (χ3n) is 3.06. The van der Waals surface area contributed by atoms with Gasteiger partial charge in [0.1, 0.15) is 6.04 Å². The maximum Gasteiger partial charge on any atom is 0.320 e. The molecule has 0 radical (unpaired) electrons. The Hall–Kier alpha value is -1.69. The molecule has 1 aliphatic heterocycles. The molecule has 0 aromatic carbocycles. The summed E-state index contributed by atoms with van der Waals surface area (Å²) in [4.78, 5) is 21.4. The van der Waals surface area contributed by atoms with Crippen LogP contribution in [0.4, 0.5) is 5.95 Å². The van der Waals surface area contributed by atoms with Gasteiger partial charge in [0.25, 0.3) is 0 Å². The van der Waals surface area contributed by atoms with E-state index in [9.17, 15) is 4.79 Å². The summed E-state index contributed by atoms with van der Waals surface area (Å²) in [6.07, 6.45) is 5.90. The summed E-state index contributed by atoms with van der Waals surface area (Å²) < 4.78 is 0. The molecule has 2 heterocycles. The highest BCUT2D eigenvalue weighted by molar-refractivity contribution is 5.72. The van der Waals surface area contributed by atoms with Crippen molar-refractivity contribution in [3.8, 4) is 0 Å². The first-order valence-corrected chi connectivity index (χ1v) is 6.19. The summed E-state index contributed by atoms with van der Waals surface area (Å²) in [6, 6.07) is -0.566. The van der Waals surface area contributed by atoms with Gasteiger partial charge >= 0.3 is 5.97 Å². The minimum atomic E-state index is -0.857. The highest BCUT2D eigenvalue weighted by Gasteiger charge is 2.14. The quantitative estimate of drug-likeness (QED) is 0.798. The van der Waals surface area contributed by atoms with Crippen molar-refractivity contribution < 1.29 is 9.90 Å². The molecule has 1 aliphatic rings. The van der Waals surface area contributed by atoms with E-state index < -0.39 is 12.0 Å². The molecule has 1 saturated heterocycles. The fourth-order valence-corrected chi connectivity index (χ4v) is 1.88. The van der Waals surface area contributed by atoms with Crippen LogP contribution < -0.4 is 10.2 Å². The molecule has 0 saturated carbocycles. The Morgan fingerprint density at radius 3 is 2.61 bits per heavy atom. The van der Waals surface area contributed by atoms with E-state index in [1.54, 1.807) is 19.3 Å². The van der Waals surface area contributed by atoms with E-state index in [0.717, 1.165) is 24.6 Å². The smallest absolute Gasteiger partial charge is 0.320 e. The van der Waals surface area contributed by atoms with Gasteiger partial charge in [-0.2, -0.15) is 0 Å². The number of carbonyl (C=O) groups is 1. The number of hydrogen-bond donors (Lipinski definition) is 2. The summed E-state index contributed by atoms with van der Waals surface area (Å²) in [5, 5.41) is 11.6. The monoisotopic (exact) mass is 250 g/mol. The van der Waals surface area contributed by atoms with Gasteiger partial charge in [-0.3, -0.25) is 4.79 Å². The zero-order chi connectivity index (χ0) is 13.0. The normalized spacial score (nSPS) is 16.8. The molecule has 6 heteroatoms. The van der Waals surface area contributed by atoms with Gasteiger partial charge < -0.3 is 15.3 Å². The Morgan fingerprint density at radius 1 is 1.44 bits per heavy atom. The molecule has 1 aromatic heterocycles. The number of rotatable bonds is 5. The van der Waals surface area contributed by atoms with Crippen LogP contribution in [-0.2, 0) is 11.3 Å². The van der Waals surface area contributed by atoms with Crippen molar-refractivity contribution >= 4 is 11.9 Å². The molecule has 0 bridgehead atoms. The molecule has 1 fully saturated rings. The fourth-order valence-electron chi connectivity index (χ4n) is 1.88. The highest BCUT2D eigenvalue weighted by atomic mass is 16.4. The maximum atomic E-state index is 10.6. The Kier molecular flexibility index (Phi) is 4.09. The fraction of sp³-hybridized carbons (Fsp3) is 0.583. The van der Waals surface area contributed by atoms with Crippen molar-refractivity contribution in [1.82, 2.24) is 15.3 Å². The third-order valence-corrected chi connectivity index (χ3v) is 3.06. The lowest BCUT2D eigenvalue weighted by Crippen LogP contribution is -2.33. The molecular formula is C12H18N4O2. The minimum Gasteiger partial charge on any atom is -0.480 e. The van der Waals surface area contributed by atoms with E-state index in [-0.39, 0.29) is 0 Å². The first-order chi connectivity index (χ1) is 8.66. The maximum absolute atomic E-state index is 10.6. The predicted octanol–water partition coefficient (Wildman–Crippen LogP) is 0.639. The van der Waals surface area contributed by atoms with Crippen LogP contribution in [0, 0.1) is 0 Å². The molecule has 1 aromatic rings. The second-order valence-corrected chi connectivity index (χ2v) is 4.53. The van der Waals surface area contributed by atoms with Gasteiger partial charge in [0, 0.05) is 37.6 Å². The van der Waals surface area contributed by atoms with Crippen molar-refractivity contribution in [1.29, 1.82) is 0 Å². The summed E-state index contributed by atoms with van der Waals surface area (Å²) in [7, 11) is 0. The summed E-state index contributed by atoms with van der Waals surface area (Å²) >= 11 is 0. The van der Waals surface area contributed by atoms with Crippen molar-refractivity contribution in [2.24, 2.45) is 0 Å². The first-order valence-electron chi connectivity index (χ1n) is 6.19. The average Bonchev–Trinajstić information content (AvgIpc) is 2.90. The van der Waals surface area contributed by atoms with E-state index in [0.29, 0.717) is 6.54 Å². The average molecular weight is 250 g/mol. The number of anilines is 1. The lowest BCUT2D eigenvalue weighted by molar-refractivity contribution is -0.139. The van der Waals surface area contributed by atoms with Crippen LogP contribution in [-0.4, -0.2) is 40.2 Å². The van der Waals surface area contributed by atoms with Crippen LogP contribution in [0.3, 0.4) is 0 Å². The number of hydrogen-bond acceptors (Lipinski definition) is 5. The van der Waals surface area contributed by atoms with Crippen LogP contribution in [0.15, 0.2) is 12.4 Å². The van der Waals surface area contributed by atoms with Gasteiger partial charge in [0.05, 0.1) is 0 Å². The van der Waals surface area contributed by atoms with Crippen LogP contribution in [0.25, 0.3) is 0 Å². The Balaban J connectivity index is 1.89. The number of carboxylic acid groups (broad SMARTS) is 1. The van der Waals surface area contributed by atoms with Crippen LogP contribution in [0.5, 0.6) is 0 Å². The van der Waals surface area contributed by atoms with E-state index in [1.807, 2.05) is 0 Å². The van der Waals surface area contributed by atoms with Crippen LogP contribution >= 0.6 is 0 Å². The molecule has 98 valence electrons. The molecule has 2 N–H and O–H groups in total. The van der Waals surface area contributed by atoms with E-state index in [2.05, 4.69) is 20.2 Å². The molecule has 0 unspecified atom stereocenters. The minimum absolute atomic E-state index is 0.466. The Bertz CT molecular complexity index is 401. The van der Waals surface area contributed by atoms with Crippen molar-refractivity contribution in [3.05, 3.63) is 18.0 Å². The molecular weight excluding hydrogens is 232 g/mol. The van der Waals surface area contributed by atoms with Gasteiger partial charge in [0.15, 0.2) is 0 Å². The largest absolute Gasteiger partial charge is 0.480 e. The van der Waals surface area contributed by atoms with Crippen LogP contribution in [0.2, 0.25) is 0 Å². The van der Waals surface area contributed by atoms with Crippen molar-refractivity contribution in [2.45, 2.75) is 32.4 Å². The molecule has 0 aliphatic carbocycles. The van der Waals surface area contributed by atoms with Gasteiger partial charge in [-0.1, -0.05) is 0 Å². The van der Waals surface area contributed by atoms with Gasteiger partial charge in [-0.05, 0) is 19.8 Å². The standard InChI is InChI=1S/C12H18N4O2/c1-9(11(17)18)13-6-10-7-14-12(15-8-10)16-4-2-3-5-16/h7-9,13H,2-6H2,1H3,(H,17,18)/t9-/m1/s1. The van der Waals surface area contributed by atoms with E-state index in [4.69, 9.17) is 5.11 Å². The molecule has 18 heavy (non-hydrogen) atoms. The van der Waals surface area contributed by atoms with Crippen LogP contribution in [0.1, 0.15) is 25.3 Å². The lowest BCUT2D eigenvalue weighted by atomic mass is 10.3. The van der Waals surface area contributed by atoms with Crippen molar-refractivity contribution in [3.63, 3.8) is 0 Å². The number of carboxylic acids is 1.